The van der Waals surface area contributed by atoms with Crippen molar-refractivity contribution in [3.05, 3.63) is 11.8 Å². The molecule has 1 saturated carbocycles. The highest BCUT2D eigenvalue weighted by atomic mass is 16.6. The molecule has 1 aliphatic rings. The van der Waals surface area contributed by atoms with Crippen LogP contribution in [0.3, 0.4) is 0 Å². The normalized spacial score (nSPS) is 20.5. The summed E-state index contributed by atoms with van der Waals surface area (Å²) in [5, 5.41) is 7.42. The van der Waals surface area contributed by atoms with Crippen LogP contribution in [-0.2, 0) is 10.3 Å². The Balaban J connectivity index is 0.00000139. The van der Waals surface area contributed by atoms with Crippen molar-refractivity contribution in [3.63, 3.8) is 0 Å². The first kappa shape index (κ1) is 20.3. The number of anilines is 1. The third-order valence-corrected chi connectivity index (χ3v) is 3.87. The van der Waals surface area contributed by atoms with E-state index in [2.05, 4.69) is 31.2 Å². The average molecular weight is 338 g/mol. The number of hydrogen-bond donors (Lipinski definition) is 2. The molecule has 1 amide bonds. The minimum absolute atomic E-state index is 0.0373. The van der Waals surface area contributed by atoms with Crippen molar-refractivity contribution in [3.8, 4) is 0 Å². The van der Waals surface area contributed by atoms with Crippen LogP contribution >= 0.6 is 0 Å². The maximum atomic E-state index is 11.7. The molecule has 2 rings (SSSR count). The quantitative estimate of drug-likeness (QED) is 0.872. The van der Waals surface area contributed by atoms with E-state index in [1.807, 2.05) is 38.4 Å². The minimum Gasteiger partial charge on any atom is -0.446 e. The third kappa shape index (κ3) is 5.42. The van der Waals surface area contributed by atoms with Crippen LogP contribution in [0.5, 0.6) is 0 Å². The minimum atomic E-state index is -0.333. The Hall–Kier alpha value is -1.72. The predicted molar refractivity (Wildman–Crippen MR) is 98.1 cm³/mol. The molecule has 138 valence electrons. The highest BCUT2D eigenvalue weighted by Gasteiger charge is 2.31. The largest absolute Gasteiger partial charge is 0.446 e. The molecule has 1 aromatic rings. The van der Waals surface area contributed by atoms with Gasteiger partial charge in [-0.2, -0.15) is 5.10 Å². The molecular formula is C18H34N4O2. The standard InChI is InChI=1S/C16H28N4O2.C2H6/c1-10(2)18-15(21)22-12-7-6-11(8-12)13-9-14(17)20(19-13)16(3,4)5;1-2/h9-12H,6-8,17H2,1-5H3,(H,18,21);1-2H3. The van der Waals surface area contributed by atoms with Crippen LogP contribution in [0.25, 0.3) is 0 Å². The lowest BCUT2D eigenvalue weighted by Gasteiger charge is -2.20. The van der Waals surface area contributed by atoms with E-state index in [-0.39, 0.29) is 23.8 Å². The molecule has 0 radical (unpaired) electrons. The summed E-state index contributed by atoms with van der Waals surface area (Å²) < 4.78 is 7.33. The van der Waals surface area contributed by atoms with Gasteiger partial charge in [-0.15, -0.1) is 0 Å². The summed E-state index contributed by atoms with van der Waals surface area (Å²) in [7, 11) is 0. The number of amides is 1. The van der Waals surface area contributed by atoms with E-state index < -0.39 is 0 Å². The lowest BCUT2D eigenvalue weighted by Crippen LogP contribution is -2.33. The fraction of sp³-hybridized carbons (Fsp3) is 0.778. The molecule has 1 heterocycles. The lowest BCUT2D eigenvalue weighted by molar-refractivity contribution is 0.0981. The van der Waals surface area contributed by atoms with Gasteiger partial charge in [0.25, 0.3) is 0 Å². The number of nitrogen functional groups attached to an aromatic ring is 1. The smallest absolute Gasteiger partial charge is 0.407 e. The molecule has 2 atom stereocenters. The van der Waals surface area contributed by atoms with Crippen molar-refractivity contribution in [1.29, 1.82) is 0 Å². The maximum absolute atomic E-state index is 11.7. The Kier molecular flexibility index (Phi) is 7.11. The van der Waals surface area contributed by atoms with Gasteiger partial charge >= 0.3 is 6.09 Å². The zero-order valence-electron chi connectivity index (χ0n) is 16.2. The van der Waals surface area contributed by atoms with Crippen LogP contribution in [-0.4, -0.2) is 28.0 Å². The van der Waals surface area contributed by atoms with Crippen molar-refractivity contribution >= 4 is 11.9 Å². The van der Waals surface area contributed by atoms with Crippen molar-refractivity contribution in [1.82, 2.24) is 15.1 Å². The van der Waals surface area contributed by atoms with Crippen molar-refractivity contribution in [2.24, 2.45) is 0 Å². The first-order valence-corrected chi connectivity index (χ1v) is 9.00. The van der Waals surface area contributed by atoms with E-state index in [4.69, 9.17) is 10.5 Å². The number of aromatic nitrogens is 2. The number of rotatable bonds is 3. The van der Waals surface area contributed by atoms with E-state index in [1.54, 1.807) is 0 Å². The monoisotopic (exact) mass is 338 g/mol. The Morgan fingerprint density at radius 2 is 2.00 bits per heavy atom. The molecule has 0 saturated heterocycles. The summed E-state index contributed by atoms with van der Waals surface area (Å²) in [6, 6.07) is 2.04. The Morgan fingerprint density at radius 3 is 2.50 bits per heavy atom. The zero-order valence-corrected chi connectivity index (χ0v) is 16.2. The molecule has 1 aliphatic carbocycles. The molecule has 2 unspecified atom stereocenters. The highest BCUT2D eigenvalue weighted by Crippen LogP contribution is 2.36. The number of alkyl carbamates (subject to hydrolysis) is 1. The molecule has 6 heteroatoms. The number of carbonyl (C=O) groups excluding carboxylic acids is 1. The van der Waals surface area contributed by atoms with Gasteiger partial charge in [0, 0.05) is 18.0 Å². The molecule has 1 aromatic heterocycles. The van der Waals surface area contributed by atoms with Crippen molar-refractivity contribution in [2.45, 2.75) is 91.3 Å². The first-order valence-electron chi connectivity index (χ1n) is 9.00. The number of ether oxygens (including phenoxy) is 1. The molecule has 0 aromatic carbocycles. The third-order valence-electron chi connectivity index (χ3n) is 3.87. The topological polar surface area (TPSA) is 82.2 Å². The summed E-state index contributed by atoms with van der Waals surface area (Å²) in [5.74, 6) is 0.993. The van der Waals surface area contributed by atoms with Crippen molar-refractivity contribution < 1.29 is 9.53 Å². The zero-order chi connectivity index (χ0) is 18.5. The maximum Gasteiger partial charge on any atom is 0.407 e. The van der Waals surface area contributed by atoms with E-state index in [1.165, 1.54) is 0 Å². The fourth-order valence-electron chi connectivity index (χ4n) is 2.89. The van der Waals surface area contributed by atoms with Crippen LogP contribution in [0.4, 0.5) is 10.6 Å². The Labute approximate surface area is 146 Å². The molecular weight excluding hydrogens is 304 g/mol. The molecule has 6 nitrogen and oxygen atoms in total. The van der Waals surface area contributed by atoms with E-state index in [9.17, 15) is 4.79 Å². The van der Waals surface area contributed by atoms with Gasteiger partial charge < -0.3 is 15.8 Å². The summed E-state index contributed by atoms with van der Waals surface area (Å²) >= 11 is 0. The molecule has 3 N–H and O–H groups in total. The van der Waals surface area contributed by atoms with Gasteiger partial charge in [0.05, 0.1) is 11.2 Å². The van der Waals surface area contributed by atoms with Crippen molar-refractivity contribution in [2.75, 3.05) is 5.73 Å². The Bertz CT molecular complexity index is 532. The molecule has 0 spiro atoms. The van der Waals surface area contributed by atoms with Gasteiger partial charge in [-0.25, -0.2) is 9.48 Å². The van der Waals surface area contributed by atoms with Gasteiger partial charge in [-0.1, -0.05) is 13.8 Å². The van der Waals surface area contributed by atoms with Gasteiger partial charge in [0.2, 0.25) is 0 Å². The van der Waals surface area contributed by atoms with Crippen LogP contribution in [0.1, 0.15) is 79.3 Å². The molecule has 24 heavy (non-hydrogen) atoms. The van der Waals surface area contributed by atoms with E-state index in [0.29, 0.717) is 11.7 Å². The van der Waals surface area contributed by atoms with Gasteiger partial charge in [0.1, 0.15) is 11.9 Å². The van der Waals surface area contributed by atoms with Crippen LogP contribution in [0, 0.1) is 0 Å². The summed E-state index contributed by atoms with van der Waals surface area (Å²) in [6.07, 6.45) is 2.29. The van der Waals surface area contributed by atoms with E-state index in [0.717, 1.165) is 25.0 Å². The number of carbonyl (C=O) groups is 1. The Morgan fingerprint density at radius 1 is 1.38 bits per heavy atom. The molecule has 0 aliphatic heterocycles. The lowest BCUT2D eigenvalue weighted by atomic mass is 10.0. The van der Waals surface area contributed by atoms with Crippen LogP contribution in [0.2, 0.25) is 0 Å². The second-order valence-corrected chi connectivity index (χ2v) is 7.41. The number of hydrogen-bond acceptors (Lipinski definition) is 4. The summed E-state index contributed by atoms with van der Waals surface area (Å²) in [5.41, 5.74) is 6.94. The van der Waals surface area contributed by atoms with Crippen LogP contribution < -0.4 is 11.1 Å². The second kappa shape index (κ2) is 8.40. The average Bonchev–Trinajstić information content (AvgIpc) is 3.06. The highest BCUT2D eigenvalue weighted by molar-refractivity contribution is 5.67. The molecule has 0 bridgehead atoms. The predicted octanol–water partition coefficient (Wildman–Crippen LogP) is 4.02. The van der Waals surface area contributed by atoms with E-state index >= 15 is 0 Å². The summed E-state index contributed by atoms with van der Waals surface area (Å²) in [4.78, 5) is 11.7. The number of nitrogens with two attached hydrogens (primary N) is 1. The second-order valence-electron chi connectivity index (χ2n) is 7.41. The van der Waals surface area contributed by atoms with Gasteiger partial charge in [-0.05, 0) is 53.9 Å². The number of nitrogens with one attached hydrogen (secondary N) is 1. The number of nitrogens with zero attached hydrogens (tertiary/aromatic N) is 2. The fourth-order valence-corrected chi connectivity index (χ4v) is 2.89. The van der Waals surface area contributed by atoms with Crippen LogP contribution in [0.15, 0.2) is 6.07 Å². The SMILES string of the molecule is CC.CC(C)NC(=O)OC1CCC(c2cc(N)n(C(C)(C)C)n2)C1. The summed E-state index contributed by atoms with van der Waals surface area (Å²) in [6.45, 7) is 14.1. The first-order chi connectivity index (χ1) is 11.2. The van der Waals surface area contributed by atoms with Gasteiger partial charge in [0.15, 0.2) is 0 Å². The van der Waals surface area contributed by atoms with Gasteiger partial charge in [-0.3, -0.25) is 0 Å². The molecule has 1 fully saturated rings.